The fourth-order valence-corrected chi connectivity index (χ4v) is 7.11. The second-order valence-electron chi connectivity index (χ2n) is 11.4. The van der Waals surface area contributed by atoms with E-state index in [4.69, 9.17) is 9.15 Å². The summed E-state index contributed by atoms with van der Waals surface area (Å²) >= 11 is 0. The van der Waals surface area contributed by atoms with Crippen molar-refractivity contribution in [3.63, 3.8) is 0 Å². The number of para-hydroxylation sites is 1. The Morgan fingerprint density at radius 1 is 0.568 bits per heavy atom. The molecular weight excluding hydrogens is 542 g/mol. The van der Waals surface area contributed by atoms with E-state index in [1.54, 1.807) is 0 Å². The first-order chi connectivity index (χ1) is 21.8. The van der Waals surface area contributed by atoms with Crippen LogP contribution in [0.2, 0.25) is 0 Å². The highest BCUT2D eigenvalue weighted by atomic mass is 16.5. The van der Waals surface area contributed by atoms with Gasteiger partial charge in [0, 0.05) is 34.5 Å². The number of fused-ring (bicyclic) bond motifs is 9. The van der Waals surface area contributed by atoms with E-state index in [9.17, 15) is 0 Å². The number of nitrogens with zero attached hydrogens (tertiary/aromatic N) is 2. The summed E-state index contributed by atoms with van der Waals surface area (Å²) in [5.74, 6) is 2.86. The lowest BCUT2D eigenvalue weighted by atomic mass is 9.66. The summed E-state index contributed by atoms with van der Waals surface area (Å²) < 4.78 is 12.7. The predicted molar refractivity (Wildman–Crippen MR) is 172 cm³/mol. The Hall–Kier alpha value is -5.68. The molecule has 2 aliphatic heterocycles. The molecule has 0 unspecified atom stereocenters. The molecule has 1 aromatic heterocycles. The third-order valence-electron chi connectivity index (χ3n) is 9.04. The summed E-state index contributed by atoms with van der Waals surface area (Å²) in [6.45, 7) is 0.744. The van der Waals surface area contributed by atoms with Gasteiger partial charge < -0.3 is 14.5 Å². The highest BCUT2D eigenvalue weighted by Crippen LogP contribution is 2.62. The van der Waals surface area contributed by atoms with Crippen molar-refractivity contribution in [2.45, 2.75) is 11.8 Å². The van der Waals surface area contributed by atoms with Crippen LogP contribution in [0, 0.1) is 0 Å². The lowest BCUT2D eigenvalue weighted by molar-refractivity contribution is 0.436. The van der Waals surface area contributed by atoms with Gasteiger partial charge in [0.25, 0.3) is 0 Å². The molecule has 3 aliphatic rings. The number of allylic oxidation sites excluding steroid dienone is 2. The van der Waals surface area contributed by atoms with Gasteiger partial charge in [-0.1, -0.05) is 91.0 Å². The second-order valence-corrected chi connectivity index (χ2v) is 11.4. The molecule has 3 heterocycles. The molecule has 0 saturated carbocycles. The van der Waals surface area contributed by atoms with E-state index in [1.807, 2.05) is 30.3 Å². The predicted octanol–water partition coefficient (Wildman–Crippen LogP) is 8.62. The van der Waals surface area contributed by atoms with Crippen LogP contribution in [0.1, 0.15) is 40.1 Å². The van der Waals surface area contributed by atoms with Crippen molar-refractivity contribution < 1.29 is 9.15 Å². The van der Waals surface area contributed by atoms with Crippen molar-refractivity contribution in [2.24, 2.45) is 0 Å². The van der Waals surface area contributed by atoms with Crippen molar-refractivity contribution in [3.05, 3.63) is 167 Å². The van der Waals surface area contributed by atoms with Crippen LogP contribution in [0.25, 0.3) is 33.9 Å². The van der Waals surface area contributed by atoms with Gasteiger partial charge in [-0.05, 0) is 76.7 Å². The Balaban J connectivity index is 1.18. The molecule has 0 bridgehead atoms. The Morgan fingerprint density at radius 3 is 2.02 bits per heavy atom. The van der Waals surface area contributed by atoms with Gasteiger partial charge >= 0.3 is 0 Å². The van der Waals surface area contributed by atoms with Gasteiger partial charge in [0.15, 0.2) is 0 Å². The van der Waals surface area contributed by atoms with Crippen molar-refractivity contribution in [1.29, 1.82) is 0 Å². The molecule has 9 rings (SSSR count). The molecule has 0 saturated heterocycles. The maximum Gasteiger partial charge on any atom is 0.248 e. The van der Waals surface area contributed by atoms with E-state index in [0.29, 0.717) is 11.8 Å². The summed E-state index contributed by atoms with van der Waals surface area (Å²) in [4.78, 5) is 0. The minimum absolute atomic E-state index is 0.489. The lowest BCUT2D eigenvalue weighted by Crippen LogP contribution is -2.32. The minimum atomic E-state index is -0.489. The highest BCUT2D eigenvalue weighted by Gasteiger charge is 2.51. The smallest absolute Gasteiger partial charge is 0.248 e. The quantitative estimate of drug-likeness (QED) is 0.231. The average molecular weight is 570 g/mol. The Morgan fingerprint density at radius 2 is 1.23 bits per heavy atom. The fraction of sp³-hybridized carbons (Fsp3) is 0.0769. The molecule has 0 fully saturated rings. The standard InChI is InChI=1S/C39H27N3O2/c1-2-10-25(11-3-1)37-41-42-38(44-37)26-18-20-34(40-23-22-26)27-19-21-36-33(24-27)39(32-16-8-9-17-35(32)43-36)30-14-6-4-12-28(30)29-13-5-7-15-31(29)39/h1-21,24,40H,22-23H2. The van der Waals surface area contributed by atoms with E-state index < -0.39 is 5.41 Å². The van der Waals surface area contributed by atoms with Crippen LogP contribution in [0.5, 0.6) is 11.5 Å². The van der Waals surface area contributed by atoms with Crippen LogP contribution in [0.15, 0.2) is 138 Å². The van der Waals surface area contributed by atoms with Gasteiger partial charge in [-0.2, -0.15) is 0 Å². The Kier molecular flexibility index (Phi) is 5.47. The molecule has 1 N–H and O–H groups in total. The molecular formula is C39H27N3O2. The number of ether oxygens (including phenoxy) is 1. The van der Waals surface area contributed by atoms with Crippen molar-refractivity contribution in [1.82, 2.24) is 15.5 Å². The maximum atomic E-state index is 6.60. The van der Waals surface area contributed by atoms with Crippen molar-refractivity contribution >= 4 is 11.3 Å². The zero-order valence-corrected chi connectivity index (χ0v) is 23.8. The monoisotopic (exact) mass is 569 g/mol. The first kappa shape index (κ1) is 24.9. The number of hydrogen-bond acceptors (Lipinski definition) is 5. The van der Waals surface area contributed by atoms with Gasteiger partial charge in [-0.3, -0.25) is 0 Å². The lowest BCUT2D eigenvalue weighted by Gasteiger charge is -2.39. The van der Waals surface area contributed by atoms with Crippen LogP contribution in [-0.2, 0) is 5.41 Å². The zero-order chi connectivity index (χ0) is 29.1. The summed E-state index contributed by atoms with van der Waals surface area (Å²) in [5.41, 5.74) is 11.0. The van der Waals surface area contributed by atoms with E-state index >= 15 is 0 Å². The van der Waals surface area contributed by atoms with Gasteiger partial charge in [0.1, 0.15) is 11.5 Å². The number of aromatic nitrogens is 2. The Labute approximate surface area is 255 Å². The van der Waals surface area contributed by atoms with Crippen LogP contribution >= 0.6 is 0 Å². The molecule has 210 valence electrons. The fourth-order valence-electron chi connectivity index (χ4n) is 7.11. The zero-order valence-electron chi connectivity index (χ0n) is 23.8. The molecule has 0 radical (unpaired) electrons. The second kappa shape index (κ2) is 9.68. The minimum Gasteiger partial charge on any atom is -0.457 e. The first-order valence-electron chi connectivity index (χ1n) is 15.0. The van der Waals surface area contributed by atoms with E-state index in [0.717, 1.165) is 58.0 Å². The first-order valence-corrected chi connectivity index (χ1v) is 15.0. The van der Waals surface area contributed by atoms with E-state index in [2.05, 4.69) is 119 Å². The van der Waals surface area contributed by atoms with E-state index in [1.165, 1.54) is 22.3 Å². The molecule has 5 aromatic carbocycles. The summed E-state index contributed by atoms with van der Waals surface area (Å²) in [6, 6.07) is 42.5. The van der Waals surface area contributed by atoms with Crippen LogP contribution in [-0.4, -0.2) is 16.7 Å². The number of rotatable bonds is 3. The number of hydrogen-bond donors (Lipinski definition) is 1. The number of benzene rings is 5. The third-order valence-corrected chi connectivity index (χ3v) is 9.04. The third kappa shape index (κ3) is 3.59. The number of nitrogens with one attached hydrogen (secondary N) is 1. The molecule has 1 spiro atoms. The van der Waals surface area contributed by atoms with Crippen molar-refractivity contribution in [3.8, 4) is 34.1 Å². The van der Waals surface area contributed by atoms with Crippen LogP contribution in [0.4, 0.5) is 0 Å². The normalized spacial score (nSPS) is 15.5. The molecule has 0 amide bonds. The maximum absolute atomic E-state index is 6.60. The molecule has 44 heavy (non-hydrogen) atoms. The van der Waals surface area contributed by atoms with Crippen LogP contribution < -0.4 is 10.1 Å². The van der Waals surface area contributed by atoms with Crippen LogP contribution in [0.3, 0.4) is 0 Å². The molecule has 6 aromatic rings. The molecule has 1 aliphatic carbocycles. The molecule has 5 heteroatoms. The molecule has 5 nitrogen and oxygen atoms in total. The van der Waals surface area contributed by atoms with E-state index in [-0.39, 0.29) is 0 Å². The largest absolute Gasteiger partial charge is 0.457 e. The summed E-state index contributed by atoms with van der Waals surface area (Å²) in [5, 5.41) is 12.3. The van der Waals surface area contributed by atoms with Gasteiger partial charge in [0.2, 0.25) is 11.8 Å². The van der Waals surface area contributed by atoms with Gasteiger partial charge in [-0.25, -0.2) is 0 Å². The topological polar surface area (TPSA) is 60.2 Å². The summed E-state index contributed by atoms with van der Waals surface area (Å²) in [7, 11) is 0. The van der Waals surface area contributed by atoms with Gasteiger partial charge in [-0.15, -0.1) is 10.2 Å². The van der Waals surface area contributed by atoms with Gasteiger partial charge in [0.05, 0.1) is 5.41 Å². The average Bonchev–Trinajstić information content (AvgIpc) is 3.59. The highest BCUT2D eigenvalue weighted by molar-refractivity contribution is 5.89. The Bertz CT molecular complexity index is 2090. The molecule has 0 atom stereocenters. The SMILES string of the molecule is C1=C(c2ccc3c(c2)C2(c4ccccc4O3)c3ccccc3-c3ccccc32)NCCC(c2nnc(-c3ccccc3)o2)=C1. The van der Waals surface area contributed by atoms with Crippen molar-refractivity contribution in [2.75, 3.05) is 6.54 Å². The summed E-state index contributed by atoms with van der Waals surface area (Å²) in [6.07, 6.45) is 4.98.